The molecular formula is C31H61NO3. The number of ether oxygens (including phenoxy) is 1. The highest BCUT2D eigenvalue weighted by Crippen LogP contribution is 2.13. The second-order valence-electron chi connectivity index (χ2n) is 10.6. The van der Waals surface area contributed by atoms with Gasteiger partial charge in [-0.2, -0.15) is 0 Å². The monoisotopic (exact) mass is 495 g/mol. The minimum absolute atomic E-state index is 0.118. The van der Waals surface area contributed by atoms with E-state index in [-0.39, 0.29) is 11.9 Å². The van der Waals surface area contributed by atoms with Gasteiger partial charge in [0.05, 0.1) is 6.54 Å². The first-order valence-corrected chi connectivity index (χ1v) is 15.5. The average Bonchev–Trinajstić information content (AvgIpc) is 2.85. The topological polar surface area (TPSA) is 46.6 Å². The Morgan fingerprint density at radius 2 is 0.857 bits per heavy atom. The fraction of sp³-hybridized carbons (Fsp3) is 0.935. The van der Waals surface area contributed by atoms with Crippen LogP contribution in [0.4, 0.5) is 0 Å². The molecule has 0 bridgehead atoms. The maximum Gasteiger partial charge on any atom is 0.305 e. The van der Waals surface area contributed by atoms with Crippen molar-refractivity contribution in [2.75, 3.05) is 20.2 Å². The summed E-state index contributed by atoms with van der Waals surface area (Å²) in [5, 5.41) is 0. The van der Waals surface area contributed by atoms with Crippen molar-refractivity contribution >= 4 is 11.9 Å². The minimum atomic E-state index is -0.118. The molecule has 0 rings (SSSR count). The van der Waals surface area contributed by atoms with Crippen LogP contribution >= 0.6 is 0 Å². The van der Waals surface area contributed by atoms with Crippen LogP contribution in [0.1, 0.15) is 168 Å². The largest absolute Gasteiger partial charge is 0.464 e. The first kappa shape index (κ1) is 33.9. The number of nitrogens with zero attached hydrogens (tertiary/aromatic N) is 1. The summed E-state index contributed by atoms with van der Waals surface area (Å²) in [5.74, 6) is 0.0494. The Kier molecular flexibility index (Phi) is 26.7. The summed E-state index contributed by atoms with van der Waals surface area (Å²) in [6.45, 7) is 5.34. The van der Waals surface area contributed by atoms with Crippen LogP contribution in [-0.4, -0.2) is 37.0 Å². The third kappa shape index (κ3) is 25.8. The second kappa shape index (κ2) is 27.5. The van der Waals surface area contributed by atoms with Crippen molar-refractivity contribution in [1.29, 1.82) is 0 Å². The van der Waals surface area contributed by atoms with Gasteiger partial charge >= 0.3 is 5.97 Å². The van der Waals surface area contributed by atoms with Gasteiger partial charge in [0.2, 0.25) is 5.91 Å². The van der Waals surface area contributed by atoms with Crippen molar-refractivity contribution in [3.8, 4) is 0 Å². The van der Waals surface area contributed by atoms with Crippen molar-refractivity contribution in [1.82, 2.24) is 4.90 Å². The lowest BCUT2D eigenvalue weighted by atomic mass is 10.0. The Morgan fingerprint density at radius 3 is 1.26 bits per heavy atom. The predicted octanol–water partition coefficient (Wildman–Crippen LogP) is 9.39. The fourth-order valence-corrected chi connectivity index (χ4v) is 4.56. The standard InChI is InChI=1S/C31H61NO3/c1-4-6-8-10-12-14-15-16-17-19-21-23-25-27-31(34)35-29-28-32(3)30(33)26-24-22-20-18-13-11-9-7-5-2/h4-29H2,1-3H3. The molecular weight excluding hydrogens is 434 g/mol. The molecule has 0 aliphatic heterocycles. The number of carbonyl (C=O) groups excluding carboxylic acids is 2. The summed E-state index contributed by atoms with van der Waals surface area (Å²) in [7, 11) is 1.82. The molecule has 0 unspecified atom stereocenters. The van der Waals surface area contributed by atoms with Gasteiger partial charge < -0.3 is 9.64 Å². The summed E-state index contributed by atoms with van der Waals surface area (Å²) in [6.07, 6.45) is 29.4. The maximum absolute atomic E-state index is 12.2. The Labute approximate surface area is 219 Å². The molecule has 0 atom stereocenters. The number of hydrogen-bond donors (Lipinski definition) is 0. The molecule has 0 aliphatic rings. The molecule has 208 valence electrons. The van der Waals surface area contributed by atoms with Gasteiger partial charge in [0.15, 0.2) is 0 Å². The summed E-state index contributed by atoms with van der Waals surface area (Å²) < 4.78 is 5.33. The van der Waals surface area contributed by atoms with Crippen LogP contribution in [0.5, 0.6) is 0 Å². The van der Waals surface area contributed by atoms with Gasteiger partial charge in [-0.15, -0.1) is 0 Å². The molecule has 0 spiro atoms. The van der Waals surface area contributed by atoms with Crippen LogP contribution in [0.25, 0.3) is 0 Å². The average molecular weight is 496 g/mol. The van der Waals surface area contributed by atoms with Crippen LogP contribution in [-0.2, 0) is 14.3 Å². The summed E-state index contributed by atoms with van der Waals surface area (Å²) in [5.41, 5.74) is 0. The molecule has 4 heteroatoms. The van der Waals surface area contributed by atoms with Gasteiger partial charge in [-0.25, -0.2) is 0 Å². The van der Waals surface area contributed by atoms with E-state index < -0.39 is 0 Å². The Bertz CT molecular complexity index is 466. The lowest BCUT2D eigenvalue weighted by molar-refractivity contribution is -0.145. The van der Waals surface area contributed by atoms with Crippen molar-refractivity contribution < 1.29 is 14.3 Å². The van der Waals surface area contributed by atoms with E-state index in [0.29, 0.717) is 26.0 Å². The summed E-state index contributed by atoms with van der Waals surface area (Å²) in [6, 6.07) is 0. The molecule has 0 radical (unpaired) electrons. The Balaban J connectivity index is 3.42. The molecule has 0 N–H and O–H groups in total. The lowest BCUT2D eigenvalue weighted by Crippen LogP contribution is -2.30. The summed E-state index contributed by atoms with van der Waals surface area (Å²) >= 11 is 0. The van der Waals surface area contributed by atoms with Crippen LogP contribution < -0.4 is 0 Å². The highest BCUT2D eigenvalue weighted by atomic mass is 16.5. The van der Waals surface area contributed by atoms with E-state index in [9.17, 15) is 9.59 Å². The number of amides is 1. The molecule has 35 heavy (non-hydrogen) atoms. The van der Waals surface area contributed by atoms with E-state index in [4.69, 9.17) is 4.74 Å². The lowest BCUT2D eigenvalue weighted by Gasteiger charge is -2.17. The molecule has 0 saturated heterocycles. The van der Waals surface area contributed by atoms with Crippen molar-refractivity contribution in [2.45, 2.75) is 168 Å². The first-order valence-electron chi connectivity index (χ1n) is 15.5. The number of likely N-dealkylation sites (N-methyl/N-ethyl adjacent to an activating group) is 1. The number of esters is 1. The van der Waals surface area contributed by atoms with E-state index in [2.05, 4.69) is 13.8 Å². The fourth-order valence-electron chi connectivity index (χ4n) is 4.56. The van der Waals surface area contributed by atoms with Crippen LogP contribution in [0.3, 0.4) is 0 Å². The highest BCUT2D eigenvalue weighted by molar-refractivity contribution is 5.75. The zero-order valence-corrected chi connectivity index (χ0v) is 24.1. The predicted molar refractivity (Wildman–Crippen MR) is 151 cm³/mol. The zero-order valence-electron chi connectivity index (χ0n) is 24.1. The third-order valence-electron chi connectivity index (χ3n) is 7.09. The maximum atomic E-state index is 12.2. The van der Waals surface area contributed by atoms with Gasteiger partial charge in [-0.1, -0.05) is 142 Å². The first-order chi connectivity index (χ1) is 17.1. The molecule has 0 aromatic rings. The van der Waals surface area contributed by atoms with E-state index in [1.165, 1.54) is 116 Å². The normalized spacial score (nSPS) is 11.1. The smallest absolute Gasteiger partial charge is 0.305 e. The number of hydrogen-bond acceptors (Lipinski definition) is 3. The van der Waals surface area contributed by atoms with Gasteiger partial charge in [-0.3, -0.25) is 9.59 Å². The summed E-state index contributed by atoms with van der Waals surface area (Å²) in [4.78, 5) is 25.9. The van der Waals surface area contributed by atoms with Crippen LogP contribution in [0.2, 0.25) is 0 Å². The van der Waals surface area contributed by atoms with E-state index in [0.717, 1.165) is 25.7 Å². The number of carbonyl (C=O) groups is 2. The number of rotatable bonds is 27. The minimum Gasteiger partial charge on any atom is -0.464 e. The van der Waals surface area contributed by atoms with Gasteiger partial charge in [0.1, 0.15) is 6.61 Å². The van der Waals surface area contributed by atoms with Crippen molar-refractivity contribution in [2.24, 2.45) is 0 Å². The Hall–Kier alpha value is -1.06. The Morgan fingerprint density at radius 1 is 0.514 bits per heavy atom. The third-order valence-corrected chi connectivity index (χ3v) is 7.09. The molecule has 4 nitrogen and oxygen atoms in total. The zero-order chi connectivity index (χ0) is 25.8. The van der Waals surface area contributed by atoms with Crippen molar-refractivity contribution in [3.05, 3.63) is 0 Å². The van der Waals surface area contributed by atoms with E-state index in [1.807, 2.05) is 7.05 Å². The molecule has 0 aromatic carbocycles. The van der Waals surface area contributed by atoms with Gasteiger partial charge in [0, 0.05) is 19.9 Å². The van der Waals surface area contributed by atoms with Gasteiger partial charge in [0.25, 0.3) is 0 Å². The highest BCUT2D eigenvalue weighted by Gasteiger charge is 2.09. The quantitative estimate of drug-likeness (QED) is 0.0842. The second-order valence-corrected chi connectivity index (χ2v) is 10.6. The van der Waals surface area contributed by atoms with Crippen LogP contribution in [0.15, 0.2) is 0 Å². The SMILES string of the molecule is CCCCCCCCCCCCCCCC(=O)OCCN(C)C(=O)CCCCCCCCCCC. The molecule has 0 saturated carbocycles. The molecule has 0 aliphatic carbocycles. The van der Waals surface area contributed by atoms with Crippen molar-refractivity contribution in [3.63, 3.8) is 0 Å². The molecule has 0 fully saturated rings. The van der Waals surface area contributed by atoms with Gasteiger partial charge in [-0.05, 0) is 12.8 Å². The number of unbranched alkanes of at least 4 members (excludes halogenated alkanes) is 20. The molecule has 0 aromatic heterocycles. The van der Waals surface area contributed by atoms with Crippen LogP contribution in [0, 0.1) is 0 Å². The molecule has 1 amide bonds. The van der Waals surface area contributed by atoms with E-state index >= 15 is 0 Å². The van der Waals surface area contributed by atoms with E-state index in [1.54, 1.807) is 4.90 Å². The molecule has 0 heterocycles.